The predicted molar refractivity (Wildman–Crippen MR) is 69.0 cm³/mol. The number of halogens is 1. The Bertz CT molecular complexity index is 397. The van der Waals surface area contributed by atoms with Gasteiger partial charge < -0.3 is 4.90 Å². The number of aryl methyl sites for hydroxylation is 1. The molecule has 80 valence electrons. The van der Waals surface area contributed by atoms with Crippen LogP contribution in [0.3, 0.4) is 0 Å². The molecule has 0 unspecified atom stereocenters. The number of amides is 1. The molecular weight excluding hydrogens is 301 g/mol. The molecule has 0 N–H and O–H groups in total. The van der Waals surface area contributed by atoms with Crippen LogP contribution in [0.2, 0.25) is 0 Å². The highest BCUT2D eigenvalue weighted by molar-refractivity contribution is 14.1. The molecule has 1 aromatic rings. The van der Waals surface area contributed by atoms with Crippen molar-refractivity contribution in [2.75, 3.05) is 13.1 Å². The van der Waals surface area contributed by atoms with E-state index in [4.69, 9.17) is 0 Å². The standard InChI is InChI=1S/C12H14INO/c1-8-6-14(7-8)12(15)10-5-3-4-9(2)11(10)13/h3-5,8H,6-7H2,1-2H3. The molecule has 1 aromatic carbocycles. The van der Waals surface area contributed by atoms with Crippen molar-refractivity contribution >= 4 is 28.5 Å². The van der Waals surface area contributed by atoms with Crippen LogP contribution in [0.25, 0.3) is 0 Å². The minimum Gasteiger partial charge on any atom is -0.338 e. The summed E-state index contributed by atoms with van der Waals surface area (Å²) in [6.45, 7) is 6.02. The molecule has 2 rings (SSSR count). The van der Waals surface area contributed by atoms with Crippen LogP contribution >= 0.6 is 22.6 Å². The van der Waals surface area contributed by atoms with E-state index in [9.17, 15) is 4.79 Å². The second-order valence-corrected chi connectivity index (χ2v) is 5.33. The Balaban J connectivity index is 2.22. The number of nitrogens with zero attached hydrogens (tertiary/aromatic N) is 1. The zero-order valence-electron chi connectivity index (χ0n) is 8.96. The molecule has 1 fully saturated rings. The van der Waals surface area contributed by atoms with E-state index in [-0.39, 0.29) is 5.91 Å². The number of carbonyl (C=O) groups is 1. The summed E-state index contributed by atoms with van der Waals surface area (Å²) in [5, 5.41) is 0. The van der Waals surface area contributed by atoms with Gasteiger partial charge in [-0.3, -0.25) is 4.79 Å². The van der Waals surface area contributed by atoms with Gasteiger partial charge in [0, 0.05) is 16.7 Å². The highest BCUT2D eigenvalue weighted by Crippen LogP contribution is 2.22. The molecule has 15 heavy (non-hydrogen) atoms. The van der Waals surface area contributed by atoms with Gasteiger partial charge in [-0.2, -0.15) is 0 Å². The lowest BCUT2D eigenvalue weighted by Crippen LogP contribution is -2.48. The van der Waals surface area contributed by atoms with E-state index in [1.165, 1.54) is 5.56 Å². The minimum atomic E-state index is 0.182. The molecule has 0 bridgehead atoms. The van der Waals surface area contributed by atoms with Crippen molar-refractivity contribution < 1.29 is 4.79 Å². The summed E-state index contributed by atoms with van der Waals surface area (Å²) in [4.78, 5) is 14.0. The molecule has 0 aliphatic carbocycles. The van der Waals surface area contributed by atoms with Crippen LogP contribution in [0.1, 0.15) is 22.8 Å². The lowest BCUT2D eigenvalue weighted by atomic mass is 10.0. The summed E-state index contributed by atoms with van der Waals surface area (Å²) in [5.74, 6) is 0.845. The van der Waals surface area contributed by atoms with E-state index in [1.807, 2.05) is 30.0 Å². The van der Waals surface area contributed by atoms with Gasteiger partial charge in [-0.05, 0) is 47.1 Å². The fourth-order valence-corrected chi connectivity index (χ4v) is 2.44. The van der Waals surface area contributed by atoms with Crippen molar-refractivity contribution in [1.29, 1.82) is 0 Å². The molecule has 0 aromatic heterocycles. The van der Waals surface area contributed by atoms with Gasteiger partial charge in [0.25, 0.3) is 5.91 Å². The Morgan fingerprint density at radius 2 is 2.13 bits per heavy atom. The quantitative estimate of drug-likeness (QED) is 0.730. The fourth-order valence-electron chi connectivity index (χ4n) is 1.85. The van der Waals surface area contributed by atoms with Gasteiger partial charge in [-0.25, -0.2) is 0 Å². The van der Waals surface area contributed by atoms with E-state index in [1.54, 1.807) is 0 Å². The zero-order valence-corrected chi connectivity index (χ0v) is 11.1. The number of likely N-dealkylation sites (tertiary alicyclic amines) is 1. The maximum Gasteiger partial charge on any atom is 0.254 e. The molecule has 0 spiro atoms. The van der Waals surface area contributed by atoms with Crippen LogP contribution in [-0.2, 0) is 0 Å². The van der Waals surface area contributed by atoms with Gasteiger partial charge in [-0.15, -0.1) is 0 Å². The Kier molecular flexibility index (Phi) is 3.00. The maximum absolute atomic E-state index is 12.1. The van der Waals surface area contributed by atoms with Gasteiger partial charge in [0.15, 0.2) is 0 Å². The minimum absolute atomic E-state index is 0.182. The van der Waals surface area contributed by atoms with Crippen molar-refractivity contribution in [3.05, 3.63) is 32.9 Å². The topological polar surface area (TPSA) is 20.3 Å². The normalized spacial score (nSPS) is 16.3. The lowest BCUT2D eigenvalue weighted by molar-refractivity contribution is 0.0529. The second kappa shape index (κ2) is 4.12. The average molecular weight is 315 g/mol. The first-order valence-electron chi connectivity index (χ1n) is 5.14. The molecule has 2 nitrogen and oxygen atoms in total. The molecule has 3 heteroatoms. The molecule has 1 heterocycles. The molecule has 0 saturated carbocycles. The van der Waals surface area contributed by atoms with Gasteiger partial charge in [-0.1, -0.05) is 19.1 Å². The third-order valence-electron chi connectivity index (χ3n) is 2.77. The number of benzene rings is 1. The van der Waals surface area contributed by atoms with E-state index in [2.05, 4.69) is 29.5 Å². The first kappa shape index (κ1) is 10.9. The smallest absolute Gasteiger partial charge is 0.254 e. The van der Waals surface area contributed by atoms with E-state index in [0.717, 1.165) is 22.2 Å². The van der Waals surface area contributed by atoms with Gasteiger partial charge in [0.05, 0.1) is 5.56 Å². The first-order valence-corrected chi connectivity index (χ1v) is 6.22. The van der Waals surface area contributed by atoms with E-state index < -0.39 is 0 Å². The first-order chi connectivity index (χ1) is 7.09. The average Bonchev–Trinajstić information content (AvgIpc) is 2.16. The molecule has 1 aliphatic rings. The largest absolute Gasteiger partial charge is 0.338 e. The monoisotopic (exact) mass is 315 g/mol. The second-order valence-electron chi connectivity index (χ2n) is 4.25. The summed E-state index contributed by atoms with van der Waals surface area (Å²) in [7, 11) is 0. The summed E-state index contributed by atoms with van der Waals surface area (Å²) < 4.78 is 1.08. The number of carbonyl (C=O) groups excluding carboxylic acids is 1. The maximum atomic E-state index is 12.1. The van der Waals surface area contributed by atoms with Crippen molar-refractivity contribution in [3.63, 3.8) is 0 Å². The third kappa shape index (κ3) is 2.02. The van der Waals surface area contributed by atoms with Gasteiger partial charge in [0.1, 0.15) is 0 Å². The number of hydrogen-bond donors (Lipinski definition) is 0. The van der Waals surface area contributed by atoms with Crippen LogP contribution in [0.15, 0.2) is 18.2 Å². The van der Waals surface area contributed by atoms with Crippen LogP contribution in [-0.4, -0.2) is 23.9 Å². The number of hydrogen-bond acceptors (Lipinski definition) is 1. The number of rotatable bonds is 1. The van der Waals surface area contributed by atoms with E-state index >= 15 is 0 Å². The van der Waals surface area contributed by atoms with Crippen molar-refractivity contribution in [3.8, 4) is 0 Å². The summed E-state index contributed by atoms with van der Waals surface area (Å²) in [6.07, 6.45) is 0. The zero-order chi connectivity index (χ0) is 11.0. The van der Waals surface area contributed by atoms with Gasteiger partial charge in [0.2, 0.25) is 0 Å². The molecule has 1 saturated heterocycles. The summed E-state index contributed by atoms with van der Waals surface area (Å²) >= 11 is 2.25. The Morgan fingerprint density at radius 1 is 1.47 bits per heavy atom. The van der Waals surface area contributed by atoms with Crippen LogP contribution in [0.4, 0.5) is 0 Å². The Morgan fingerprint density at radius 3 is 2.73 bits per heavy atom. The molecule has 0 atom stereocenters. The summed E-state index contributed by atoms with van der Waals surface area (Å²) in [5.41, 5.74) is 2.03. The van der Waals surface area contributed by atoms with Crippen LogP contribution < -0.4 is 0 Å². The lowest BCUT2D eigenvalue weighted by Gasteiger charge is -2.37. The molecule has 1 amide bonds. The Hall–Kier alpha value is -0.580. The Labute approximate surface area is 104 Å². The van der Waals surface area contributed by atoms with Gasteiger partial charge >= 0.3 is 0 Å². The van der Waals surface area contributed by atoms with Crippen LogP contribution in [0.5, 0.6) is 0 Å². The fraction of sp³-hybridized carbons (Fsp3) is 0.417. The van der Waals surface area contributed by atoms with Crippen molar-refractivity contribution in [2.45, 2.75) is 13.8 Å². The van der Waals surface area contributed by atoms with E-state index in [0.29, 0.717) is 5.92 Å². The van der Waals surface area contributed by atoms with Crippen molar-refractivity contribution in [2.24, 2.45) is 5.92 Å². The van der Waals surface area contributed by atoms with Crippen molar-refractivity contribution in [1.82, 2.24) is 4.90 Å². The summed E-state index contributed by atoms with van der Waals surface area (Å²) in [6, 6.07) is 5.91. The molecular formula is C12H14INO. The highest BCUT2D eigenvalue weighted by Gasteiger charge is 2.28. The van der Waals surface area contributed by atoms with Crippen LogP contribution in [0, 0.1) is 16.4 Å². The highest BCUT2D eigenvalue weighted by atomic mass is 127. The SMILES string of the molecule is Cc1cccc(C(=O)N2CC(C)C2)c1I. The molecule has 0 radical (unpaired) electrons. The molecule has 1 aliphatic heterocycles. The third-order valence-corrected chi connectivity index (χ3v) is 4.21. The predicted octanol–water partition coefficient (Wildman–Crippen LogP) is 2.69.